The Balaban J connectivity index is 1.67. The number of rotatable bonds is 6. The van der Waals surface area contributed by atoms with Crippen molar-refractivity contribution >= 4 is 17.7 Å². The van der Waals surface area contributed by atoms with Crippen LogP contribution in [0.4, 0.5) is 4.39 Å². The molecule has 27 heavy (non-hydrogen) atoms. The van der Waals surface area contributed by atoms with Crippen LogP contribution in [0.3, 0.4) is 0 Å². The highest BCUT2D eigenvalue weighted by molar-refractivity contribution is 8.03. The van der Waals surface area contributed by atoms with Crippen molar-refractivity contribution in [2.75, 3.05) is 12.4 Å². The van der Waals surface area contributed by atoms with Gasteiger partial charge in [-0.15, -0.1) is 11.8 Å². The minimum atomic E-state index is -0.357. The highest BCUT2D eigenvalue weighted by atomic mass is 32.2. The molecule has 3 rings (SSSR count). The summed E-state index contributed by atoms with van der Waals surface area (Å²) in [4.78, 5) is 12.1. The van der Waals surface area contributed by atoms with Crippen LogP contribution in [0.2, 0.25) is 0 Å². The number of nitrogens with one attached hydrogen (secondary N) is 1. The Morgan fingerprint density at radius 1 is 1.22 bits per heavy atom. The Morgan fingerprint density at radius 2 is 1.93 bits per heavy atom. The van der Waals surface area contributed by atoms with Crippen LogP contribution in [0.15, 0.2) is 59.1 Å². The Hall–Kier alpha value is -2.78. The molecule has 138 valence electrons. The van der Waals surface area contributed by atoms with Gasteiger partial charge in [0.05, 0.1) is 23.3 Å². The van der Waals surface area contributed by atoms with Crippen molar-refractivity contribution in [2.45, 2.75) is 19.3 Å². The van der Waals surface area contributed by atoms with Crippen LogP contribution in [-0.2, 0) is 4.79 Å². The Morgan fingerprint density at radius 3 is 2.59 bits per heavy atom. The van der Waals surface area contributed by atoms with Crippen molar-refractivity contribution in [1.29, 1.82) is 5.26 Å². The number of allylic oxidation sites excluding steroid dienone is 1. The zero-order valence-corrected chi connectivity index (χ0v) is 15.7. The van der Waals surface area contributed by atoms with Crippen molar-refractivity contribution in [3.05, 3.63) is 76.1 Å². The zero-order chi connectivity index (χ0) is 19.2. The van der Waals surface area contributed by atoms with Crippen LogP contribution in [0.1, 0.15) is 23.5 Å². The molecule has 0 fully saturated rings. The molecule has 6 heteroatoms. The predicted molar refractivity (Wildman–Crippen MR) is 104 cm³/mol. The predicted octanol–water partition coefficient (Wildman–Crippen LogP) is 4.29. The third kappa shape index (κ3) is 4.89. The highest BCUT2D eigenvalue weighted by Crippen LogP contribution is 2.35. The maximum atomic E-state index is 13.2. The molecule has 0 bridgehead atoms. The minimum Gasteiger partial charge on any atom is -0.493 e. The number of carbonyl (C=O) groups is 1. The molecule has 0 aliphatic carbocycles. The SMILES string of the molecule is Cc1ccc(OCCSC2=C(C#N)[C@@H](c3ccc(F)cc3)CC(=O)N2)cc1. The minimum absolute atomic E-state index is 0.148. The molecule has 1 amide bonds. The molecule has 0 saturated carbocycles. The van der Waals surface area contributed by atoms with E-state index >= 15 is 0 Å². The quantitative estimate of drug-likeness (QED) is 0.758. The first-order valence-corrected chi connectivity index (χ1v) is 9.57. The van der Waals surface area contributed by atoms with E-state index in [9.17, 15) is 14.4 Å². The molecular weight excluding hydrogens is 363 g/mol. The van der Waals surface area contributed by atoms with Gasteiger partial charge in [-0.3, -0.25) is 4.79 Å². The van der Waals surface area contributed by atoms with Gasteiger partial charge in [-0.1, -0.05) is 29.8 Å². The number of benzene rings is 2. The van der Waals surface area contributed by atoms with Crippen molar-refractivity contribution in [3.63, 3.8) is 0 Å². The van der Waals surface area contributed by atoms with E-state index < -0.39 is 0 Å². The number of hydrogen-bond donors (Lipinski definition) is 1. The lowest BCUT2D eigenvalue weighted by Crippen LogP contribution is -2.31. The number of ether oxygens (including phenoxy) is 1. The third-order valence-corrected chi connectivity index (χ3v) is 5.23. The van der Waals surface area contributed by atoms with Crippen LogP contribution in [0.5, 0.6) is 5.75 Å². The average Bonchev–Trinajstić information content (AvgIpc) is 2.67. The fourth-order valence-corrected chi connectivity index (χ4v) is 3.75. The molecular formula is C21H19FN2O2S. The molecule has 0 aromatic heterocycles. The number of nitriles is 1. The number of aryl methyl sites for hydroxylation is 1. The van der Waals surface area contributed by atoms with Gasteiger partial charge in [0, 0.05) is 18.1 Å². The van der Waals surface area contributed by atoms with Gasteiger partial charge in [-0.2, -0.15) is 5.26 Å². The third-order valence-electron chi connectivity index (χ3n) is 4.25. The Bertz CT molecular complexity index is 886. The van der Waals surface area contributed by atoms with E-state index in [-0.39, 0.29) is 24.1 Å². The fraction of sp³-hybridized carbons (Fsp3) is 0.238. The van der Waals surface area contributed by atoms with E-state index in [0.717, 1.165) is 16.9 Å². The lowest BCUT2D eigenvalue weighted by Gasteiger charge is -2.25. The van der Waals surface area contributed by atoms with Gasteiger partial charge in [0.25, 0.3) is 0 Å². The summed E-state index contributed by atoms with van der Waals surface area (Å²) >= 11 is 1.38. The van der Waals surface area contributed by atoms with Gasteiger partial charge in [0.2, 0.25) is 5.91 Å². The number of carbonyl (C=O) groups excluding carboxylic acids is 1. The van der Waals surface area contributed by atoms with E-state index in [1.165, 1.54) is 23.9 Å². The van der Waals surface area contributed by atoms with E-state index in [4.69, 9.17) is 4.74 Å². The molecule has 1 atom stereocenters. The van der Waals surface area contributed by atoms with E-state index in [1.54, 1.807) is 12.1 Å². The Kier molecular flexibility index (Phi) is 6.15. The number of hydrogen-bond acceptors (Lipinski definition) is 4. The lowest BCUT2D eigenvalue weighted by atomic mass is 9.87. The number of nitrogens with zero attached hydrogens (tertiary/aromatic N) is 1. The molecule has 2 aromatic rings. The number of amides is 1. The van der Waals surface area contributed by atoms with Crippen molar-refractivity contribution < 1.29 is 13.9 Å². The van der Waals surface area contributed by atoms with Gasteiger partial charge in [-0.25, -0.2) is 4.39 Å². The monoisotopic (exact) mass is 382 g/mol. The van der Waals surface area contributed by atoms with E-state index in [1.807, 2.05) is 31.2 Å². The summed E-state index contributed by atoms with van der Waals surface area (Å²) in [5.74, 6) is 0.525. The molecule has 0 unspecified atom stereocenters. The van der Waals surface area contributed by atoms with Crippen LogP contribution >= 0.6 is 11.8 Å². The van der Waals surface area contributed by atoms with Crippen molar-refractivity contribution in [2.24, 2.45) is 0 Å². The van der Waals surface area contributed by atoms with Crippen LogP contribution in [0, 0.1) is 24.1 Å². The largest absolute Gasteiger partial charge is 0.493 e. The summed E-state index contributed by atoms with van der Waals surface area (Å²) in [6.07, 6.45) is 0.179. The van der Waals surface area contributed by atoms with Crippen LogP contribution < -0.4 is 10.1 Å². The molecule has 1 heterocycles. The van der Waals surface area contributed by atoms with Gasteiger partial charge in [0.15, 0.2) is 0 Å². The van der Waals surface area contributed by atoms with Gasteiger partial charge < -0.3 is 10.1 Å². The maximum Gasteiger partial charge on any atom is 0.225 e. The zero-order valence-electron chi connectivity index (χ0n) is 14.9. The molecule has 4 nitrogen and oxygen atoms in total. The molecule has 2 aromatic carbocycles. The second-order valence-corrected chi connectivity index (χ2v) is 7.33. The Labute approximate surface area is 162 Å². The number of thioether (sulfide) groups is 1. The standard InChI is InChI=1S/C21H19FN2O2S/c1-14-2-8-17(9-3-14)26-10-11-27-21-19(13-23)18(12-20(25)24-21)15-4-6-16(22)7-5-15/h2-9,18H,10-12H2,1H3,(H,24,25)/t18-/m1/s1. The summed E-state index contributed by atoms with van der Waals surface area (Å²) < 4.78 is 18.9. The maximum absolute atomic E-state index is 13.2. The summed E-state index contributed by atoms with van der Waals surface area (Å²) in [5, 5.41) is 13.0. The summed E-state index contributed by atoms with van der Waals surface area (Å²) in [7, 11) is 0. The second-order valence-electron chi connectivity index (χ2n) is 6.22. The van der Waals surface area contributed by atoms with Gasteiger partial charge in [0.1, 0.15) is 11.6 Å². The van der Waals surface area contributed by atoms with Crippen molar-refractivity contribution in [3.8, 4) is 11.8 Å². The molecule has 0 radical (unpaired) electrons. The highest BCUT2D eigenvalue weighted by Gasteiger charge is 2.29. The van der Waals surface area contributed by atoms with Gasteiger partial charge in [-0.05, 0) is 36.8 Å². The lowest BCUT2D eigenvalue weighted by molar-refractivity contribution is -0.120. The molecule has 0 spiro atoms. The van der Waals surface area contributed by atoms with Crippen molar-refractivity contribution in [1.82, 2.24) is 5.32 Å². The normalized spacial score (nSPS) is 16.6. The summed E-state index contributed by atoms with van der Waals surface area (Å²) in [5.41, 5.74) is 2.43. The fourth-order valence-electron chi connectivity index (χ4n) is 2.85. The first kappa shape index (κ1) is 19.0. The number of halogens is 1. The first-order valence-electron chi connectivity index (χ1n) is 8.58. The average molecular weight is 382 g/mol. The van der Waals surface area contributed by atoms with E-state index in [2.05, 4.69) is 11.4 Å². The first-order chi connectivity index (χ1) is 13.1. The summed E-state index contributed by atoms with van der Waals surface area (Å²) in [6, 6.07) is 15.9. The molecule has 0 saturated heterocycles. The molecule has 1 N–H and O–H groups in total. The summed E-state index contributed by atoms with van der Waals surface area (Å²) in [6.45, 7) is 2.46. The topological polar surface area (TPSA) is 62.1 Å². The smallest absolute Gasteiger partial charge is 0.225 e. The second kappa shape index (κ2) is 8.74. The van der Waals surface area contributed by atoms with Crippen LogP contribution in [-0.4, -0.2) is 18.3 Å². The van der Waals surface area contributed by atoms with Crippen LogP contribution in [0.25, 0.3) is 0 Å². The van der Waals surface area contributed by atoms with E-state index in [0.29, 0.717) is 23.0 Å². The molecule has 1 aliphatic heterocycles. The molecule has 1 aliphatic rings. The van der Waals surface area contributed by atoms with Gasteiger partial charge >= 0.3 is 0 Å².